The van der Waals surface area contributed by atoms with Gasteiger partial charge in [-0.1, -0.05) is 13.8 Å². The molecule has 0 radical (unpaired) electrons. The Balaban J connectivity index is 2.47. The number of carbonyl (C=O) groups is 1. The van der Waals surface area contributed by atoms with Crippen molar-refractivity contribution in [3.8, 4) is 0 Å². The first-order chi connectivity index (χ1) is 8.35. The summed E-state index contributed by atoms with van der Waals surface area (Å²) in [5.41, 5.74) is 5.15. The summed E-state index contributed by atoms with van der Waals surface area (Å²) in [5, 5.41) is 3.98. The number of hydrogen-bond donors (Lipinski definition) is 2. The zero-order chi connectivity index (χ0) is 13.8. The molecule has 0 aromatic carbocycles. The predicted octanol–water partition coefficient (Wildman–Crippen LogP) is 2.54. The van der Waals surface area contributed by atoms with Gasteiger partial charge in [0, 0.05) is 11.3 Å². The molecule has 3 N–H and O–H groups in total. The summed E-state index contributed by atoms with van der Waals surface area (Å²) >= 11 is 2.01. The lowest BCUT2D eigenvalue weighted by Crippen LogP contribution is -2.56. The third-order valence-corrected chi connectivity index (χ3v) is 4.90. The highest BCUT2D eigenvalue weighted by molar-refractivity contribution is 7.99. The van der Waals surface area contributed by atoms with Crippen LogP contribution in [0.3, 0.4) is 0 Å². The van der Waals surface area contributed by atoms with Gasteiger partial charge < -0.3 is 11.1 Å². The second-order valence-electron chi connectivity index (χ2n) is 6.16. The number of hydrogen-bond acceptors (Lipinski definition) is 3. The van der Waals surface area contributed by atoms with Crippen LogP contribution in [0.2, 0.25) is 0 Å². The van der Waals surface area contributed by atoms with Crippen molar-refractivity contribution < 1.29 is 4.79 Å². The van der Waals surface area contributed by atoms with Crippen molar-refractivity contribution in [3.05, 3.63) is 0 Å². The molecule has 1 aliphatic carbocycles. The van der Waals surface area contributed by atoms with Crippen molar-refractivity contribution in [2.75, 3.05) is 5.75 Å². The lowest BCUT2D eigenvalue weighted by molar-refractivity contribution is -0.124. The molecule has 1 rings (SSSR count). The van der Waals surface area contributed by atoms with Gasteiger partial charge in [0.25, 0.3) is 0 Å². The summed E-state index contributed by atoms with van der Waals surface area (Å²) in [4.78, 5) is 11.7. The number of nitrogens with one attached hydrogen (secondary N) is 1. The summed E-state index contributed by atoms with van der Waals surface area (Å²) in [7, 11) is 0. The first-order valence-corrected chi connectivity index (χ1v) is 8.10. The van der Waals surface area contributed by atoms with Crippen LogP contribution in [0.5, 0.6) is 0 Å². The van der Waals surface area contributed by atoms with Gasteiger partial charge in [-0.3, -0.25) is 4.79 Å². The van der Waals surface area contributed by atoms with E-state index in [1.54, 1.807) is 0 Å². The Hall–Kier alpha value is -0.220. The molecule has 1 fully saturated rings. The van der Waals surface area contributed by atoms with Crippen LogP contribution in [0, 0.1) is 5.92 Å². The fraction of sp³-hybridized carbons (Fsp3) is 0.929. The average Bonchev–Trinajstić information content (AvgIpc) is 2.61. The molecule has 0 aliphatic heterocycles. The molecule has 0 bridgehead atoms. The minimum atomic E-state index is -0.455. The molecule has 0 aromatic rings. The minimum absolute atomic E-state index is 0.178. The van der Waals surface area contributed by atoms with Crippen molar-refractivity contribution in [2.45, 2.75) is 70.2 Å². The van der Waals surface area contributed by atoms with E-state index in [4.69, 9.17) is 5.73 Å². The van der Waals surface area contributed by atoms with Crippen molar-refractivity contribution >= 4 is 17.7 Å². The molecule has 0 spiro atoms. The Morgan fingerprint density at radius 3 is 2.61 bits per heavy atom. The third kappa shape index (κ3) is 4.47. The van der Waals surface area contributed by atoms with Gasteiger partial charge in [-0.2, -0.15) is 11.8 Å². The number of carbonyl (C=O) groups excluding carboxylic acids is 1. The summed E-state index contributed by atoms with van der Waals surface area (Å²) in [5.74, 6) is 1.77. The number of primary amides is 1. The molecule has 3 nitrogen and oxygen atoms in total. The molecule has 2 atom stereocenters. The minimum Gasteiger partial charge on any atom is -0.368 e. The van der Waals surface area contributed by atoms with Gasteiger partial charge in [-0.15, -0.1) is 0 Å². The number of thioether (sulfide) groups is 1. The van der Waals surface area contributed by atoms with Crippen molar-refractivity contribution in [1.82, 2.24) is 5.32 Å². The molecule has 2 unspecified atom stereocenters. The predicted molar refractivity (Wildman–Crippen MR) is 79.7 cm³/mol. The van der Waals surface area contributed by atoms with Crippen LogP contribution in [0.25, 0.3) is 0 Å². The van der Waals surface area contributed by atoms with Gasteiger partial charge in [-0.25, -0.2) is 0 Å². The smallest absolute Gasteiger partial charge is 0.237 e. The Morgan fingerprint density at radius 1 is 1.44 bits per heavy atom. The second kappa shape index (κ2) is 6.80. The van der Waals surface area contributed by atoms with E-state index in [1.807, 2.05) is 11.8 Å². The van der Waals surface area contributed by atoms with Gasteiger partial charge in [0.1, 0.15) is 0 Å². The maximum atomic E-state index is 11.7. The van der Waals surface area contributed by atoms with Gasteiger partial charge >= 0.3 is 0 Å². The topological polar surface area (TPSA) is 55.1 Å². The molecule has 1 aliphatic rings. The molecule has 0 saturated heterocycles. The monoisotopic (exact) mass is 272 g/mol. The Kier molecular flexibility index (Phi) is 5.99. The summed E-state index contributed by atoms with van der Waals surface area (Å²) < 4.78 is 0. The zero-order valence-electron chi connectivity index (χ0n) is 12.2. The summed E-state index contributed by atoms with van der Waals surface area (Å²) in [6.07, 6.45) is 4.14. The Morgan fingerprint density at radius 2 is 2.11 bits per heavy atom. The van der Waals surface area contributed by atoms with Gasteiger partial charge in [0.05, 0.1) is 5.54 Å². The maximum Gasteiger partial charge on any atom is 0.237 e. The second-order valence-corrected chi connectivity index (χ2v) is 7.57. The van der Waals surface area contributed by atoms with E-state index < -0.39 is 5.54 Å². The van der Waals surface area contributed by atoms with Crippen LogP contribution in [-0.2, 0) is 4.79 Å². The molecule has 106 valence electrons. The molecule has 1 amide bonds. The van der Waals surface area contributed by atoms with Crippen molar-refractivity contribution in [3.63, 3.8) is 0 Å². The average molecular weight is 272 g/mol. The van der Waals surface area contributed by atoms with E-state index in [9.17, 15) is 4.79 Å². The van der Waals surface area contributed by atoms with E-state index in [1.165, 1.54) is 12.2 Å². The highest BCUT2D eigenvalue weighted by Crippen LogP contribution is 2.37. The Bertz CT molecular complexity index is 281. The van der Waals surface area contributed by atoms with Crippen LogP contribution in [-0.4, -0.2) is 28.5 Å². The maximum absolute atomic E-state index is 11.7. The van der Waals surface area contributed by atoms with Crippen LogP contribution in [0.15, 0.2) is 0 Å². The van der Waals surface area contributed by atoms with Crippen molar-refractivity contribution in [1.29, 1.82) is 0 Å². The van der Waals surface area contributed by atoms with E-state index in [2.05, 4.69) is 33.0 Å². The highest BCUT2D eigenvalue weighted by atomic mass is 32.2. The largest absolute Gasteiger partial charge is 0.368 e. The Labute approximate surface area is 116 Å². The quantitative estimate of drug-likeness (QED) is 0.749. The fourth-order valence-electron chi connectivity index (χ4n) is 2.59. The lowest BCUT2D eigenvalue weighted by Gasteiger charge is -2.29. The summed E-state index contributed by atoms with van der Waals surface area (Å²) in [6.45, 7) is 8.65. The van der Waals surface area contributed by atoms with Crippen molar-refractivity contribution in [2.24, 2.45) is 11.7 Å². The molecular formula is C14H28N2OS. The number of nitrogens with two attached hydrogens (primary N) is 1. The van der Waals surface area contributed by atoms with Gasteiger partial charge in [0.2, 0.25) is 5.91 Å². The first-order valence-electron chi connectivity index (χ1n) is 7.05. The van der Waals surface area contributed by atoms with Crippen LogP contribution < -0.4 is 11.1 Å². The normalized spacial score (nSPS) is 28.2. The zero-order valence-corrected chi connectivity index (χ0v) is 13.0. The molecular weight excluding hydrogens is 244 g/mol. The molecule has 0 aromatic heterocycles. The summed E-state index contributed by atoms with van der Waals surface area (Å²) in [6, 6.07) is 0.303. The molecule has 1 saturated carbocycles. The highest BCUT2D eigenvalue weighted by Gasteiger charge is 2.44. The SMILES string of the molecule is CC(C)CCSC1CCC(NC(C)C)(C(N)=O)C1. The third-order valence-electron chi connectivity index (χ3n) is 3.55. The lowest BCUT2D eigenvalue weighted by atomic mass is 9.96. The molecule has 4 heteroatoms. The van der Waals surface area contributed by atoms with Gasteiger partial charge in [0.15, 0.2) is 0 Å². The number of amides is 1. The van der Waals surface area contributed by atoms with E-state index in [-0.39, 0.29) is 5.91 Å². The number of rotatable bonds is 7. The van der Waals surface area contributed by atoms with E-state index in [0.29, 0.717) is 11.3 Å². The van der Waals surface area contributed by atoms with Crippen LogP contribution in [0.4, 0.5) is 0 Å². The van der Waals surface area contributed by atoms with Crippen LogP contribution in [0.1, 0.15) is 53.4 Å². The molecule has 0 heterocycles. The van der Waals surface area contributed by atoms with E-state index >= 15 is 0 Å². The first kappa shape index (κ1) is 15.8. The van der Waals surface area contributed by atoms with Gasteiger partial charge in [-0.05, 0) is 51.2 Å². The fourth-order valence-corrected chi connectivity index (χ4v) is 4.22. The van der Waals surface area contributed by atoms with Crippen LogP contribution >= 0.6 is 11.8 Å². The molecule has 18 heavy (non-hydrogen) atoms. The standard InChI is InChI=1S/C14H28N2OS/c1-10(2)6-8-18-12-5-7-14(9-12,13(15)17)16-11(3)4/h10-12,16H,5-9H2,1-4H3,(H2,15,17). The van der Waals surface area contributed by atoms with E-state index in [0.717, 1.165) is 25.2 Å².